The number of nitrogens with one attached hydrogen (secondary N) is 1. The normalized spacial score (nSPS) is 18.1. The molecule has 4 rings (SSSR count). The smallest absolute Gasteiger partial charge is 0.399 e. The molecule has 1 aliphatic heterocycles. The van der Waals surface area contributed by atoms with Gasteiger partial charge in [0.1, 0.15) is 0 Å². The van der Waals surface area contributed by atoms with Crippen molar-refractivity contribution in [1.29, 1.82) is 0 Å². The summed E-state index contributed by atoms with van der Waals surface area (Å²) < 4.78 is 41.3. The molecule has 1 aliphatic rings. The predicted octanol–water partition coefficient (Wildman–Crippen LogP) is 4.40. The lowest BCUT2D eigenvalue weighted by Gasteiger charge is -2.32. The molecule has 1 fully saturated rings. The molecule has 0 aliphatic carbocycles. The quantitative estimate of drug-likeness (QED) is 0.513. The van der Waals surface area contributed by atoms with Crippen molar-refractivity contribution in [1.82, 2.24) is 4.72 Å². The Morgan fingerprint density at radius 3 is 2.03 bits per heavy atom. The molecule has 0 bridgehead atoms. The number of hydrogen-bond acceptors (Lipinski definition) is 4. The van der Waals surface area contributed by atoms with E-state index in [1.54, 1.807) is 24.3 Å². The molecule has 34 heavy (non-hydrogen) atoms. The van der Waals surface area contributed by atoms with Crippen LogP contribution in [0, 0.1) is 6.92 Å². The van der Waals surface area contributed by atoms with E-state index in [0.29, 0.717) is 0 Å². The van der Waals surface area contributed by atoms with E-state index in [2.05, 4.69) is 10.8 Å². The third kappa shape index (κ3) is 5.13. The predicted molar refractivity (Wildman–Crippen MR) is 137 cm³/mol. The molecule has 1 heterocycles. The maximum Gasteiger partial charge on any atom is 0.494 e. The molecule has 3 aromatic carbocycles. The zero-order valence-electron chi connectivity index (χ0n) is 20.4. The molecule has 1 atom stereocenters. The van der Waals surface area contributed by atoms with Crippen molar-refractivity contribution in [2.45, 2.75) is 56.6 Å². The number of rotatable bonds is 7. The van der Waals surface area contributed by atoms with Gasteiger partial charge < -0.3 is 9.31 Å². The van der Waals surface area contributed by atoms with E-state index < -0.39 is 28.3 Å². The topological polar surface area (TPSA) is 64.6 Å². The molecule has 3 aromatic rings. The van der Waals surface area contributed by atoms with E-state index in [0.717, 1.165) is 22.2 Å². The van der Waals surface area contributed by atoms with Gasteiger partial charge in [0.2, 0.25) is 10.0 Å². The van der Waals surface area contributed by atoms with E-state index in [-0.39, 0.29) is 17.4 Å². The summed E-state index contributed by atoms with van der Waals surface area (Å²) in [5.74, 6) is -0.177. The molecule has 0 radical (unpaired) electrons. The Balaban J connectivity index is 1.63. The van der Waals surface area contributed by atoms with Crippen LogP contribution in [0.5, 0.6) is 0 Å². The second kappa shape index (κ2) is 9.31. The zero-order chi connectivity index (χ0) is 24.6. The van der Waals surface area contributed by atoms with Gasteiger partial charge in [0.15, 0.2) is 0 Å². The van der Waals surface area contributed by atoms with Crippen LogP contribution in [0.2, 0.25) is 0 Å². The minimum Gasteiger partial charge on any atom is -0.399 e. The summed E-state index contributed by atoms with van der Waals surface area (Å²) in [5.41, 5.74) is 3.08. The lowest BCUT2D eigenvalue weighted by molar-refractivity contribution is 0.00578. The van der Waals surface area contributed by atoms with E-state index in [9.17, 15) is 8.42 Å². The molecule has 0 unspecified atom stereocenters. The summed E-state index contributed by atoms with van der Waals surface area (Å²) in [5, 5.41) is 0. The van der Waals surface area contributed by atoms with Gasteiger partial charge in [-0.2, -0.15) is 0 Å². The molecular weight excluding hydrogens is 445 g/mol. The van der Waals surface area contributed by atoms with Crippen LogP contribution in [0.3, 0.4) is 0 Å². The van der Waals surface area contributed by atoms with E-state index in [1.807, 2.05) is 83.1 Å². The van der Waals surface area contributed by atoms with Crippen molar-refractivity contribution in [3.63, 3.8) is 0 Å². The second-order valence-electron chi connectivity index (χ2n) is 9.89. The Morgan fingerprint density at radius 2 is 1.41 bits per heavy atom. The standard InChI is InChI=1S/C27H32BNO4S/c1-20-14-16-24(17-15-20)34(30,31)29-19-25(21-10-7-6-8-11-21)22-12-9-13-23(18-22)28-32-26(2,3)27(4,5)33-28/h6-18,25,29H,19H2,1-5H3/t25-/m1/s1. The Bertz CT molecular complexity index is 1230. The molecule has 0 saturated carbocycles. The van der Waals surface area contributed by atoms with Crippen molar-refractivity contribution in [3.05, 3.63) is 95.6 Å². The summed E-state index contributed by atoms with van der Waals surface area (Å²) in [6, 6.07) is 24.8. The Labute approximate surface area is 203 Å². The van der Waals surface area contributed by atoms with Crippen LogP contribution in [0.15, 0.2) is 83.8 Å². The molecule has 1 N–H and O–H groups in total. The third-order valence-electron chi connectivity index (χ3n) is 6.85. The Kier molecular flexibility index (Phi) is 6.75. The molecule has 0 amide bonds. The van der Waals surface area contributed by atoms with Gasteiger partial charge in [-0.15, -0.1) is 0 Å². The second-order valence-corrected chi connectivity index (χ2v) is 11.7. The SMILES string of the molecule is Cc1ccc(S(=O)(=O)NC[C@H](c2ccccc2)c2cccc(B3OC(C)(C)C(C)(C)O3)c2)cc1. The molecular formula is C27H32BNO4S. The van der Waals surface area contributed by atoms with E-state index >= 15 is 0 Å². The molecule has 1 saturated heterocycles. The molecule has 0 spiro atoms. The largest absolute Gasteiger partial charge is 0.494 e. The van der Waals surface area contributed by atoms with Crippen molar-refractivity contribution < 1.29 is 17.7 Å². The van der Waals surface area contributed by atoms with Gasteiger partial charge in [-0.1, -0.05) is 72.3 Å². The van der Waals surface area contributed by atoms with E-state index in [1.165, 1.54) is 0 Å². The summed E-state index contributed by atoms with van der Waals surface area (Å²) in [7, 11) is -4.12. The van der Waals surface area contributed by atoms with Crippen LogP contribution in [0.25, 0.3) is 0 Å². The fourth-order valence-corrected chi connectivity index (χ4v) is 5.06. The summed E-state index contributed by atoms with van der Waals surface area (Å²) in [6.45, 7) is 10.3. The molecule has 178 valence electrons. The number of hydrogen-bond donors (Lipinski definition) is 1. The summed E-state index contributed by atoms with van der Waals surface area (Å²) in [6.07, 6.45) is 0. The highest BCUT2D eigenvalue weighted by Gasteiger charge is 2.51. The first-order chi connectivity index (χ1) is 16.0. The maximum absolute atomic E-state index is 13.0. The van der Waals surface area contributed by atoms with Crippen LogP contribution >= 0.6 is 0 Å². The van der Waals surface area contributed by atoms with Gasteiger partial charge in [-0.3, -0.25) is 0 Å². The fraction of sp³-hybridized carbons (Fsp3) is 0.333. The lowest BCUT2D eigenvalue weighted by Crippen LogP contribution is -2.41. The molecule has 5 nitrogen and oxygen atoms in total. The third-order valence-corrected chi connectivity index (χ3v) is 8.29. The molecule has 7 heteroatoms. The van der Waals surface area contributed by atoms with Crippen LogP contribution in [0.1, 0.15) is 50.3 Å². The van der Waals surface area contributed by atoms with Crippen LogP contribution in [-0.4, -0.2) is 33.3 Å². The van der Waals surface area contributed by atoms with Crippen molar-refractivity contribution in [3.8, 4) is 0 Å². The minimum atomic E-state index is -3.64. The van der Waals surface area contributed by atoms with E-state index in [4.69, 9.17) is 9.31 Å². The van der Waals surface area contributed by atoms with Crippen molar-refractivity contribution >= 4 is 22.6 Å². The highest BCUT2D eigenvalue weighted by atomic mass is 32.2. The lowest BCUT2D eigenvalue weighted by atomic mass is 9.77. The van der Waals surface area contributed by atoms with Crippen LogP contribution in [0.4, 0.5) is 0 Å². The van der Waals surface area contributed by atoms with Crippen molar-refractivity contribution in [2.75, 3.05) is 6.54 Å². The number of aryl methyl sites for hydroxylation is 1. The van der Waals surface area contributed by atoms with Gasteiger partial charge in [0, 0.05) is 12.5 Å². The average molecular weight is 477 g/mol. The first-order valence-corrected chi connectivity index (χ1v) is 13.0. The van der Waals surface area contributed by atoms with Gasteiger partial charge in [-0.05, 0) is 63.3 Å². The van der Waals surface area contributed by atoms with Gasteiger partial charge in [0.25, 0.3) is 0 Å². The Morgan fingerprint density at radius 1 is 0.824 bits per heavy atom. The first kappa shape index (κ1) is 24.7. The minimum absolute atomic E-state index is 0.177. The first-order valence-electron chi connectivity index (χ1n) is 11.6. The number of sulfonamides is 1. The summed E-state index contributed by atoms with van der Waals surface area (Å²) >= 11 is 0. The van der Waals surface area contributed by atoms with Gasteiger partial charge in [0.05, 0.1) is 16.1 Å². The van der Waals surface area contributed by atoms with Gasteiger partial charge >= 0.3 is 7.12 Å². The highest BCUT2D eigenvalue weighted by Crippen LogP contribution is 2.36. The average Bonchev–Trinajstić information content (AvgIpc) is 3.02. The zero-order valence-corrected chi connectivity index (χ0v) is 21.2. The summed E-state index contributed by atoms with van der Waals surface area (Å²) in [4.78, 5) is 0.260. The van der Waals surface area contributed by atoms with Crippen molar-refractivity contribution in [2.24, 2.45) is 0 Å². The number of benzene rings is 3. The fourth-order valence-electron chi connectivity index (χ4n) is 4.01. The monoisotopic (exact) mass is 477 g/mol. The molecule has 0 aromatic heterocycles. The van der Waals surface area contributed by atoms with Crippen LogP contribution < -0.4 is 10.2 Å². The Hall–Kier alpha value is -2.45. The van der Waals surface area contributed by atoms with Gasteiger partial charge in [-0.25, -0.2) is 13.1 Å². The maximum atomic E-state index is 13.0. The van der Waals surface area contributed by atoms with Crippen LogP contribution in [-0.2, 0) is 19.3 Å². The highest BCUT2D eigenvalue weighted by molar-refractivity contribution is 7.89.